The molecular formula is C18H31NO2. The smallest absolute Gasteiger partial charge is 0.161 e. The van der Waals surface area contributed by atoms with Gasteiger partial charge in [-0.2, -0.15) is 0 Å². The highest BCUT2D eigenvalue weighted by molar-refractivity contribution is 5.41. The van der Waals surface area contributed by atoms with Gasteiger partial charge in [0, 0.05) is 13.1 Å². The fourth-order valence-corrected chi connectivity index (χ4v) is 2.43. The maximum absolute atomic E-state index is 9.70. The Morgan fingerprint density at radius 3 is 2.62 bits per heavy atom. The number of ether oxygens (including phenoxy) is 1. The zero-order valence-corrected chi connectivity index (χ0v) is 14.0. The molecule has 0 atom stereocenters. The van der Waals surface area contributed by atoms with Crippen LogP contribution in [0.15, 0.2) is 18.2 Å². The third-order valence-electron chi connectivity index (χ3n) is 3.71. The molecule has 0 aliphatic heterocycles. The molecule has 0 saturated heterocycles. The zero-order chi connectivity index (χ0) is 15.7. The SMILES string of the molecule is CCCCCC(C)(C)CNCc1ccc(O)c(OCC)c1. The molecule has 120 valence electrons. The number of phenols is 1. The van der Waals surface area contributed by atoms with Crippen molar-refractivity contribution in [1.29, 1.82) is 0 Å². The van der Waals surface area contributed by atoms with Crippen LogP contribution >= 0.6 is 0 Å². The van der Waals surface area contributed by atoms with Crippen LogP contribution in [0.5, 0.6) is 11.5 Å². The Morgan fingerprint density at radius 1 is 1.19 bits per heavy atom. The summed E-state index contributed by atoms with van der Waals surface area (Å²) >= 11 is 0. The Morgan fingerprint density at radius 2 is 1.95 bits per heavy atom. The van der Waals surface area contributed by atoms with Gasteiger partial charge in [-0.25, -0.2) is 0 Å². The third kappa shape index (κ3) is 6.85. The lowest BCUT2D eigenvalue weighted by Gasteiger charge is -2.25. The summed E-state index contributed by atoms with van der Waals surface area (Å²) in [6, 6.07) is 5.55. The van der Waals surface area contributed by atoms with Gasteiger partial charge in [-0.15, -0.1) is 0 Å². The maximum atomic E-state index is 9.70. The summed E-state index contributed by atoms with van der Waals surface area (Å²) in [7, 11) is 0. The van der Waals surface area contributed by atoms with Gasteiger partial charge < -0.3 is 15.2 Å². The summed E-state index contributed by atoms with van der Waals surface area (Å²) in [6.07, 6.45) is 5.16. The van der Waals surface area contributed by atoms with Crippen molar-refractivity contribution in [3.8, 4) is 11.5 Å². The van der Waals surface area contributed by atoms with Crippen LogP contribution in [0.2, 0.25) is 0 Å². The maximum Gasteiger partial charge on any atom is 0.161 e. The van der Waals surface area contributed by atoms with Crippen molar-refractivity contribution in [1.82, 2.24) is 5.32 Å². The van der Waals surface area contributed by atoms with E-state index in [2.05, 4.69) is 26.1 Å². The van der Waals surface area contributed by atoms with Gasteiger partial charge in [0.25, 0.3) is 0 Å². The number of rotatable bonds is 10. The number of aromatic hydroxyl groups is 1. The Balaban J connectivity index is 2.42. The van der Waals surface area contributed by atoms with Crippen molar-refractivity contribution in [3.05, 3.63) is 23.8 Å². The highest BCUT2D eigenvalue weighted by Gasteiger charge is 2.16. The molecule has 3 nitrogen and oxygen atoms in total. The van der Waals surface area contributed by atoms with E-state index >= 15 is 0 Å². The molecule has 0 amide bonds. The average Bonchev–Trinajstić information content (AvgIpc) is 2.42. The Kier molecular flexibility index (Phi) is 7.58. The highest BCUT2D eigenvalue weighted by Crippen LogP contribution is 2.27. The summed E-state index contributed by atoms with van der Waals surface area (Å²) in [5, 5.41) is 13.2. The largest absolute Gasteiger partial charge is 0.504 e. The molecule has 0 bridgehead atoms. The molecular weight excluding hydrogens is 262 g/mol. The van der Waals surface area contributed by atoms with E-state index in [1.54, 1.807) is 6.07 Å². The lowest BCUT2D eigenvalue weighted by Crippen LogP contribution is -2.29. The van der Waals surface area contributed by atoms with Gasteiger partial charge in [-0.1, -0.05) is 46.1 Å². The second-order valence-corrected chi connectivity index (χ2v) is 6.46. The minimum atomic E-state index is 0.209. The number of unbranched alkanes of at least 4 members (excludes halogenated alkanes) is 2. The zero-order valence-electron chi connectivity index (χ0n) is 14.0. The van der Waals surface area contributed by atoms with Gasteiger partial charge in [-0.05, 0) is 36.5 Å². The minimum absolute atomic E-state index is 0.209. The van der Waals surface area contributed by atoms with E-state index in [0.29, 0.717) is 17.8 Å². The van der Waals surface area contributed by atoms with Crippen LogP contribution in [0.1, 0.15) is 58.9 Å². The molecule has 0 aliphatic carbocycles. The van der Waals surface area contributed by atoms with Crippen molar-refractivity contribution in [2.45, 2.75) is 59.9 Å². The molecule has 1 aromatic carbocycles. The van der Waals surface area contributed by atoms with Crippen molar-refractivity contribution in [3.63, 3.8) is 0 Å². The molecule has 21 heavy (non-hydrogen) atoms. The fourth-order valence-electron chi connectivity index (χ4n) is 2.43. The van der Waals surface area contributed by atoms with E-state index < -0.39 is 0 Å². The van der Waals surface area contributed by atoms with Gasteiger partial charge in [0.2, 0.25) is 0 Å². The minimum Gasteiger partial charge on any atom is -0.504 e. The number of benzene rings is 1. The average molecular weight is 293 g/mol. The van der Waals surface area contributed by atoms with Crippen LogP contribution < -0.4 is 10.1 Å². The second kappa shape index (κ2) is 8.93. The van der Waals surface area contributed by atoms with E-state index in [-0.39, 0.29) is 5.75 Å². The van der Waals surface area contributed by atoms with Crippen LogP contribution in [0.25, 0.3) is 0 Å². The summed E-state index contributed by atoms with van der Waals surface area (Å²) in [5.41, 5.74) is 1.47. The normalized spacial score (nSPS) is 11.6. The van der Waals surface area contributed by atoms with E-state index in [1.807, 2.05) is 19.1 Å². The van der Waals surface area contributed by atoms with Crippen LogP contribution in [0, 0.1) is 5.41 Å². The molecule has 0 aliphatic rings. The first kappa shape index (κ1) is 17.8. The third-order valence-corrected chi connectivity index (χ3v) is 3.71. The second-order valence-electron chi connectivity index (χ2n) is 6.46. The van der Waals surface area contributed by atoms with E-state index in [1.165, 1.54) is 25.7 Å². The lowest BCUT2D eigenvalue weighted by atomic mass is 9.87. The summed E-state index contributed by atoms with van der Waals surface area (Å²) in [5.74, 6) is 0.777. The topological polar surface area (TPSA) is 41.5 Å². The first-order valence-electron chi connectivity index (χ1n) is 8.14. The Bertz CT molecular complexity index is 416. The van der Waals surface area contributed by atoms with Crippen LogP contribution in [0.4, 0.5) is 0 Å². The highest BCUT2D eigenvalue weighted by atomic mass is 16.5. The van der Waals surface area contributed by atoms with E-state index in [4.69, 9.17) is 4.74 Å². The van der Waals surface area contributed by atoms with Gasteiger partial charge >= 0.3 is 0 Å². The molecule has 3 heteroatoms. The quantitative estimate of drug-likeness (QED) is 0.625. The molecule has 1 aromatic rings. The Labute approximate surface area is 129 Å². The predicted octanol–water partition coefficient (Wildman–Crippen LogP) is 4.49. The molecule has 0 saturated carbocycles. The van der Waals surface area contributed by atoms with Crippen molar-refractivity contribution in [2.75, 3.05) is 13.2 Å². The predicted molar refractivity (Wildman–Crippen MR) is 88.9 cm³/mol. The molecule has 0 unspecified atom stereocenters. The first-order valence-corrected chi connectivity index (χ1v) is 8.14. The summed E-state index contributed by atoms with van der Waals surface area (Å²) in [6.45, 7) is 11.2. The lowest BCUT2D eigenvalue weighted by molar-refractivity contribution is 0.301. The molecule has 1 rings (SSSR count). The van der Waals surface area contributed by atoms with Crippen LogP contribution in [-0.4, -0.2) is 18.3 Å². The van der Waals surface area contributed by atoms with E-state index in [0.717, 1.165) is 18.7 Å². The van der Waals surface area contributed by atoms with Crippen molar-refractivity contribution >= 4 is 0 Å². The number of phenolic OH excluding ortho intramolecular Hbond substituents is 1. The number of hydrogen-bond acceptors (Lipinski definition) is 3. The number of nitrogens with one attached hydrogen (secondary N) is 1. The van der Waals surface area contributed by atoms with E-state index in [9.17, 15) is 5.11 Å². The number of hydrogen-bond donors (Lipinski definition) is 2. The van der Waals surface area contributed by atoms with Gasteiger partial charge in [0.1, 0.15) is 0 Å². The monoisotopic (exact) mass is 293 g/mol. The molecule has 0 spiro atoms. The van der Waals surface area contributed by atoms with Crippen molar-refractivity contribution in [2.24, 2.45) is 5.41 Å². The Hall–Kier alpha value is -1.22. The van der Waals surface area contributed by atoms with Crippen LogP contribution in [-0.2, 0) is 6.54 Å². The van der Waals surface area contributed by atoms with Gasteiger partial charge in [-0.3, -0.25) is 0 Å². The van der Waals surface area contributed by atoms with Gasteiger partial charge in [0.05, 0.1) is 6.61 Å². The van der Waals surface area contributed by atoms with Crippen molar-refractivity contribution < 1.29 is 9.84 Å². The standard InChI is InChI=1S/C18H31NO2/c1-5-7-8-11-18(3,4)14-19-13-15-9-10-16(20)17(12-15)21-6-2/h9-10,12,19-20H,5-8,11,13-14H2,1-4H3. The molecule has 2 N–H and O–H groups in total. The molecule has 0 heterocycles. The molecule has 0 fully saturated rings. The summed E-state index contributed by atoms with van der Waals surface area (Å²) in [4.78, 5) is 0. The fraction of sp³-hybridized carbons (Fsp3) is 0.667. The van der Waals surface area contributed by atoms with Crippen LogP contribution in [0.3, 0.4) is 0 Å². The molecule has 0 aromatic heterocycles. The summed E-state index contributed by atoms with van der Waals surface area (Å²) < 4.78 is 5.41. The van der Waals surface area contributed by atoms with Gasteiger partial charge in [0.15, 0.2) is 11.5 Å². The first-order chi connectivity index (χ1) is 9.98. The molecule has 0 radical (unpaired) electrons.